The number of hydrogen-bond donors (Lipinski definition) is 1. The van der Waals surface area contributed by atoms with Crippen molar-refractivity contribution in [2.45, 2.75) is 52.2 Å². The van der Waals surface area contributed by atoms with Gasteiger partial charge in [0.2, 0.25) is 5.88 Å². The first-order valence-corrected chi connectivity index (χ1v) is 13.8. The molecule has 1 N–H and O–H groups in total. The van der Waals surface area contributed by atoms with Crippen LogP contribution in [0, 0.1) is 25.6 Å². The van der Waals surface area contributed by atoms with E-state index >= 15 is 0 Å². The second-order valence-electron chi connectivity index (χ2n) is 10.1. The predicted octanol–water partition coefficient (Wildman–Crippen LogP) is 6.80. The van der Waals surface area contributed by atoms with Crippen molar-refractivity contribution >= 4 is 23.3 Å². The Kier molecular flexibility index (Phi) is 11.4. The summed E-state index contributed by atoms with van der Waals surface area (Å²) < 4.78 is 19.8. The molecule has 2 heterocycles. The first-order valence-electron chi connectivity index (χ1n) is 13.4. The number of aromatic nitrogens is 1. The van der Waals surface area contributed by atoms with Crippen LogP contribution in [-0.4, -0.2) is 53.2 Å². The summed E-state index contributed by atoms with van der Waals surface area (Å²) in [6.07, 6.45) is 9.99. The number of pyridine rings is 1. The van der Waals surface area contributed by atoms with Gasteiger partial charge in [0.1, 0.15) is 12.4 Å². The Morgan fingerprint density at radius 1 is 1.18 bits per heavy atom. The Hall–Kier alpha value is -3.60. The number of aromatic carboxylic acids is 1. The number of aryl methyl sites for hydroxylation is 1. The van der Waals surface area contributed by atoms with Crippen LogP contribution >= 0.6 is 11.6 Å². The molecule has 40 heavy (non-hydrogen) atoms. The molecule has 1 aromatic heterocycles. The monoisotopic (exact) mass is 565 g/mol. The number of halogens is 2. The lowest BCUT2D eigenvalue weighted by atomic mass is 9.93. The smallest absolute Gasteiger partial charge is 0.335 e. The van der Waals surface area contributed by atoms with E-state index in [-0.39, 0.29) is 18.5 Å². The maximum absolute atomic E-state index is 14.1. The number of nitrogens with zero attached hydrogens (tertiary/aromatic N) is 3. The number of rotatable bonds is 10. The minimum Gasteiger partial charge on any atom is -0.478 e. The van der Waals surface area contributed by atoms with E-state index in [0.717, 1.165) is 56.0 Å². The molecule has 0 radical (unpaired) electrons. The molecular weight excluding hydrogens is 529 g/mol. The molecule has 1 fully saturated rings. The first-order chi connectivity index (χ1) is 19.2. The standard InChI is InChI=1S/C30H35ClFN3O3.C2H2/c1-20(2)35(28-17-23(30(36)37)8-7-21(28)3)16-15-34-13-11-22(12-14-34)27-5-4-6-29(33-27)38-19-24-9-10-25(31)18-26(24)32;1-2/h4-10,17-18,20,22H,11-16,19H2,1-3H3,(H,36,37);1-2H. The van der Waals surface area contributed by atoms with Crippen molar-refractivity contribution in [3.63, 3.8) is 0 Å². The molecule has 0 bridgehead atoms. The van der Waals surface area contributed by atoms with E-state index in [1.54, 1.807) is 30.3 Å². The fourth-order valence-electron chi connectivity index (χ4n) is 4.94. The summed E-state index contributed by atoms with van der Waals surface area (Å²) in [4.78, 5) is 21.0. The Balaban J connectivity index is 0.00000216. The molecule has 3 aromatic rings. The zero-order valence-corrected chi connectivity index (χ0v) is 24.1. The summed E-state index contributed by atoms with van der Waals surface area (Å²) in [5, 5.41) is 9.79. The molecule has 0 unspecified atom stereocenters. The van der Waals surface area contributed by atoms with Gasteiger partial charge in [0.25, 0.3) is 0 Å². The number of carboxylic acids is 1. The molecule has 1 saturated heterocycles. The number of terminal acetylenes is 1. The van der Waals surface area contributed by atoms with Gasteiger partial charge in [-0.25, -0.2) is 14.2 Å². The number of carbonyl (C=O) groups is 1. The summed E-state index contributed by atoms with van der Waals surface area (Å²) in [6.45, 7) is 10.1. The van der Waals surface area contributed by atoms with E-state index in [1.165, 1.54) is 6.07 Å². The highest BCUT2D eigenvalue weighted by Gasteiger charge is 2.23. The quantitative estimate of drug-likeness (QED) is 0.273. The van der Waals surface area contributed by atoms with Crippen molar-refractivity contribution in [2.75, 3.05) is 31.1 Å². The van der Waals surface area contributed by atoms with Crippen LogP contribution in [0.4, 0.5) is 10.1 Å². The van der Waals surface area contributed by atoms with Crippen molar-refractivity contribution in [1.29, 1.82) is 0 Å². The van der Waals surface area contributed by atoms with Crippen molar-refractivity contribution in [3.8, 4) is 18.7 Å². The number of ether oxygens (including phenoxy) is 1. The largest absolute Gasteiger partial charge is 0.478 e. The van der Waals surface area contributed by atoms with E-state index in [4.69, 9.17) is 21.3 Å². The highest BCUT2D eigenvalue weighted by Crippen LogP contribution is 2.29. The van der Waals surface area contributed by atoms with Crippen LogP contribution in [0.25, 0.3) is 0 Å². The minimum atomic E-state index is -0.905. The van der Waals surface area contributed by atoms with Gasteiger partial charge in [0, 0.05) is 53.1 Å². The van der Waals surface area contributed by atoms with Crippen molar-refractivity contribution in [2.24, 2.45) is 0 Å². The zero-order valence-electron chi connectivity index (χ0n) is 23.3. The van der Waals surface area contributed by atoms with Crippen LogP contribution in [0.2, 0.25) is 5.02 Å². The topological polar surface area (TPSA) is 65.9 Å². The second kappa shape index (κ2) is 14.7. The van der Waals surface area contributed by atoms with Crippen LogP contribution in [0.5, 0.6) is 5.88 Å². The lowest BCUT2D eigenvalue weighted by Crippen LogP contribution is -2.42. The third kappa shape index (κ3) is 8.20. The van der Waals surface area contributed by atoms with Gasteiger partial charge >= 0.3 is 5.97 Å². The SMILES string of the molecule is C#C.Cc1ccc(C(=O)O)cc1N(CCN1CCC(c2cccc(OCc3ccc(Cl)cc3F)n2)CC1)C(C)C. The van der Waals surface area contributed by atoms with Crippen LogP contribution < -0.4 is 9.64 Å². The molecule has 8 heteroatoms. The van der Waals surface area contributed by atoms with E-state index in [0.29, 0.717) is 27.9 Å². The third-order valence-corrected chi connectivity index (χ3v) is 7.42. The van der Waals surface area contributed by atoms with E-state index < -0.39 is 5.97 Å². The molecular formula is C32H37ClFN3O3. The second-order valence-corrected chi connectivity index (χ2v) is 10.6. The summed E-state index contributed by atoms with van der Waals surface area (Å²) >= 11 is 5.83. The Morgan fingerprint density at radius 3 is 2.55 bits per heavy atom. The number of anilines is 1. The molecule has 2 aromatic carbocycles. The van der Waals surface area contributed by atoms with Gasteiger partial charge in [0.05, 0.1) is 5.56 Å². The Labute approximate surface area is 241 Å². The average molecular weight is 566 g/mol. The number of benzene rings is 2. The third-order valence-electron chi connectivity index (χ3n) is 7.19. The predicted molar refractivity (Wildman–Crippen MR) is 159 cm³/mol. The van der Waals surface area contributed by atoms with Gasteiger partial charge < -0.3 is 19.6 Å². The average Bonchev–Trinajstić information content (AvgIpc) is 2.95. The van der Waals surface area contributed by atoms with E-state index in [9.17, 15) is 14.3 Å². The molecule has 212 valence electrons. The minimum absolute atomic E-state index is 0.0963. The van der Waals surface area contributed by atoms with Crippen LogP contribution in [0.15, 0.2) is 54.6 Å². The molecule has 4 rings (SSSR count). The molecule has 0 atom stereocenters. The fraction of sp³-hybridized carbons (Fsp3) is 0.375. The van der Waals surface area contributed by atoms with E-state index in [1.807, 2.05) is 25.1 Å². The van der Waals surface area contributed by atoms with Crippen LogP contribution in [0.3, 0.4) is 0 Å². The zero-order chi connectivity index (χ0) is 29.2. The maximum atomic E-state index is 14.1. The van der Waals surface area contributed by atoms with Gasteiger partial charge in [-0.15, -0.1) is 12.8 Å². The highest BCUT2D eigenvalue weighted by molar-refractivity contribution is 6.30. The number of hydrogen-bond acceptors (Lipinski definition) is 5. The molecule has 1 aliphatic heterocycles. The number of likely N-dealkylation sites (tertiary alicyclic amines) is 1. The van der Waals surface area contributed by atoms with Crippen LogP contribution in [0.1, 0.15) is 59.8 Å². The van der Waals surface area contributed by atoms with Crippen molar-refractivity contribution < 1.29 is 19.0 Å². The normalized spacial score (nSPS) is 13.9. The van der Waals surface area contributed by atoms with Gasteiger partial charge in [-0.3, -0.25) is 0 Å². The number of piperidine rings is 1. The van der Waals surface area contributed by atoms with Gasteiger partial charge in [-0.05, 0) is 82.6 Å². The highest BCUT2D eigenvalue weighted by atomic mass is 35.5. The van der Waals surface area contributed by atoms with Gasteiger partial charge in [0.15, 0.2) is 0 Å². The Bertz CT molecular complexity index is 1310. The summed E-state index contributed by atoms with van der Waals surface area (Å²) in [5.74, 6) is -0.456. The molecule has 6 nitrogen and oxygen atoms in total. The lowest BCUT2D eigenvalue weighted by Gasteiger charge is -2.36. The number of carboxylic acid groups (broad SMARTS) is 1. The van der Waals surface area contributed by atoms with Crippen molar-refractivity contribution in [1.82, 2.24) is 9.88 Å². The maximum Gasteiger partial charge on any atom is 0.335 e. The Morgan fingerprint density at radius 2 is 1.90 bits per heavy atom. The fourth-order valence-corrected chi connectivity index (χ4v) is 5.10. The summed E-state index contributed by atoms with van der Waals surface area (Å²) in [7, 11) is 0. The molecule has 0 aliphatic carbocycles. The van der Waals surface area contributed by atoms with E-state index in [2.05, 4.69) is 36.5 Å². The van der Waals surface area contributed by atoms with Gasteiger partial charge in [-0.1, -0.05) is 29.8 Å². The molecule has 0 amide bonds. The lowest BCUT2D eigenvalue weighted by molar-refractivity contribution is 0.0697. The summed E-state index contributed by atoms with van der Waals surface area (Å²) in [6, 6.07) is 15.9. The van der Waals surface area contributed by atoms with Crippen LogP contribution in [-0.2, 0) is 6.61 Å². The van der Waals surface area contributed by atoms with Gasteiger partial charge in [-0.2, -0.15) is 0 Å². The summed E-state index contributed by atoms with van der Waals surface area (Å²) in [5.41, 5.74) is 3.82. The molecule has 1 aliphatic rings. The first kappa shape index (κ1) is 30.9. The van der Waals surface area contributed by atoms with Crippen molar-refractivity contribution in [3.05, 3.63) is 87.8 Å². The molecule has 0 saturated carbocycles. The molecule has 0 spiro atoms.